The molecular formula is C21H23ClN4O6S. The van der Waals surface area contributed by atoms with Gasteiger partial charge in [0.05, 0.1) is 9.95 Å². The average molecular weight is 495 g/mol. The Morgan fingerprint density at radius 2 is 1.73 bits per heavy atom. The second-order valence-electron chi connectivity index (χ2n) is 7.57. The summed E-state index contributed by atoms with van der Waals surface area (Å²) in [5, 5.41) is 16.1. The number of rotatable bonds is 9. The summed E-state index contributed by atoms with van der Waals surface area (Å²) in [7, 11) is -4.11. The van der Waals surface area contributed by atoms with Crippen molar-refractivity contribution in [3.63, 3.8) is 0 Å². The van der Waals surface area contributed by atoms with Crippen LogP contribution in [0.25, 0.3) is 0 Å². The minimum atomic E-state index is -4.11. The second kappa shape index (κ2) is 10.7. The molecule has 0 atom stereocenters. The van der Waals surface area contributed by atoms with Gasteiger partial charge in [0.25, 0.3) is 11.6 Å². The topological polar surface area (TPSA) is 148 Å². The predicted octanol–water partition coefficient (Wildman–Crippen LogP) is 3.09. The molecule has 10 nitrogen and oxygen atoms in total. The van der Waals surface area contributed by atoms with Gasteiger partial charge in [-0.1, -0.05) is 24.4 Å². The molecule has 0 aliphatic heterocycles. The van der Waals surface area contributed by atoms with Crippen LogP contribution in [0, 0.1) is 16.0 Å². The van der Waals surface area contributed by atoms with Crippen LogP contribution in [0.15, 0.2) is 47.4 Å². The van der Waals surface area contributed by atoms with Gasteiger partial charge in [0, 0.05) is 42.4 Å². The Balaban J connectivity index is 1.49. The molecular weight excluding hydrogens is 472 g/mol. The third-order valence-corrected chi connectivity index (χ3v) is 7.20. The van der Waals surface area contributed by atoms with Crippen molar-refractivity contribution in [1.29, 1.82) is 0 Å². The van der Waals surface area contributed by atoms with E-state index in [-0.39, 0.29) is 29.9 Å². The van der Waals surface area contributed by atoms with E-state index < -0.39 is 31.4 Å². The van der Waals surface area contributed by atoms with Crippen LogP contribution < -0.4 is 15.4 Å². The maximum absolute atomic E-state index is 12.4. The van der Waals surface area contributed by atoms with E-state index in [0.717, 1.165) is 43.9 Å². The molecule has 2 amide bonds. The van der Waals surface area contributed by atoms with Crippen molar-refractivity contribution in [3.05, 3.63) is 63.2 Å². The Morgan fingerprint density at radius 3 is 2.36 bits per heavy atom. The fourth-order valence-electron chi connectivity index (χ4n) is 3.49. The Hall–Kier alpha value is -3.02. The largest absolute Gasteiger partial charge is 0.351 e. The standard InChI is InChI=1S/C21H23ClN4O6S/c22-18-10-9-17(26(29)30)13-19(18)33(31,32)24-12-11-23-20(27)15-5-7-16(8-6-15)25-21(28)14-3-1-2-4-14/h5-10,13-14,24H,1-4,11-12H2,(H,23,27)(H,25,28). The van der Waals surface area contributed by atoms with Gasteiger partial charge in [-0.3, -0.25) is 19.7 Å². The van der Waals surface area contributed by atoms with Crippen LogP contribution in [0.1, 0.15) is 36.0 Å². The molecule has 0 saturated heterocycles. The lowest BCUT2D eigenvalue weighted by Gasteiger charge is -2.11. The molecule has 176 valence electrons. The molecule has 1 aliphatic carbocycles. The summed E-state index contributed by atoms with van der Waals surface area (Å²) in [4.78, 5) is 34.2. The zero-order chi connectivity index (χ0) is 24.0. The van der Waals surface area contributed by atoms with Crippen LogP contribution in [0.4, 0.5) is 11.4 Å². The first-order chi connectivity index (χ1) is 15.7. The number of nitrogens with one attached hydrogen (secondary N) is 3. The number of nitrogens with zero attached hydrogens (tertiary/aromatic N) is 1. The number of nitro benzene ring substituents is 1. The van der Waals surface area contributed by atoms with E-state index in [2.05, 4.69) is 15.4 Å². The van der Waals surface area contributed by atoms with Gasteiger partial charge in [0.15, 0.2) is 0 Å². The first kappa shape index (κ1) is 24.6. The van der Waals surface area contributed by atoms with Gasteiger partial charge in [-0.2, -0.15) is 0 Å². The van der Waals surface area contributed by atoms with Crippen molar-refractivity contribution < 1.29 is 22.9 Å². The van der Waals surface area contributed by atoms with Crippen LogP contribution in [-0.4, -0.2) is 38.2 Å². The quantitative estimate of drug-likeness (QED) is 0.277. The van der Waals surface area contributed by atoms with E-state index in [1.165, 1.54) is 0 Å². The lowest BCUT2D eigenvalue weighted by Crippen LogP contribution is -2.34. The third kappa shape index (κ3) is 6.50. The molecule has 0 bridgehead atoms. The summed E-state index contributed by atoms with van der Waals surface area (Å²) in [6, 6.07) is 9.50. The van der Waals surface area contributed by atoms with Crippen LogP contribution in [0.5, 0.6) is 0 Å². The average Bonchev–Trinajstić information content (AvgIpc) is 3.32. The number of carbonyl (C=O) groups excluding carboxylic acids is 2. The molecule has 2 aromatic carbocycles. The molecule has 0 radical (unpaired) electrons. The zero-order valence-corrected chi connectivity index (χ0v) is 19.1. The van der Waals surface area contributed by atoms with Gasteiger partial charge in [0.1, 0.15) is 4.90 Å². The minimum Gasteiger partial charge on any atom is -0.351 e. The summed E-state index contributed by atoms with van der Waals surface area (Å²) in [5.74, 6) is -0.397. The molecule has 0 heterocycles. The predicted molar refractivity (Wildman–Crippen MR) is 123 cm³/mol. The number of carbonyl (C=O) groups is 2. The molecule has 0 aromatic heterocycles. The summed E-state index contributed by atoms with van der Waals surface area (Å²) >= 11 is 5.87. The molecule has 1 aliphatic rings. The summed E-state index contributed by atoms with van der Waals surface area (Å²) in [5.41, 5.74) is 0.541. The van der Waals surface area contributed by atoms with Crippen molar-refractivity contribution in [1.82, 2.24) is 10.0 Å². The Labute approximate surface area is 195 Å². The first-order valence-electron chi connectivity index (χ1n) is 10.3. The van der Waals surface area contributed by atoms with Gasteiger partial charge in [-0.25, -0.2) is 13.1 Å². The highest BCUT2D eigenvalue weighted by Gasteiger charge is 2.23. The van der Waals surface area contributed by atoms with Crippen LogP contribution in [0.3, 0.4) is 0 Å². The minimum absolute atomic E-state index is 0.0131. The van der Waals surface area contributed by atoms with Gasteiger partial charge in [0.2, 0.25) is 15.9 Å². The molecule has 0 unspecified atom stereocenters. The van der Waals surface area contributed by atoms with E-state index in [0.29, 0.717) is 11.3 Å². The lowest BCUT2D eigenvalue weighted by atomic mass is 10.1. The number of anilines is 1. The SMILES string of the molecule is O=C(NCCNS(=O)(=O)c1cc([N+](=O)[O-])ccc1Cl)c1ccc(NC(=O)C2CCCC2)cc1. The van der Waals surface area contributed by atoms with E-state index in [9.17, 15) is 28.1 Å². The first-order valence-corrected chi connectivity index (χ1v) is 12.2. The second-order valence-corrected chi connectivity index (χ2v) is 9.72. The number of hydrogen-bond donors (Lipinski definition) is 3. The molecule has 0 spiro atoms. The highest BCUT2D eigenvalue weighted by atomic mass is 35.5. The fraction of sp³-hybridized carbons (Fsp3) is 0.333. The summed E-state index contributed by atoms with van der Waals surface area (Å²) in [6.45, 7) is -0.173. The monoisotopic (exact) mass is 494 g/mol. The number of sulfonamides is 1. The summed E-state index contributed by atoms with van der Waals surface area (Å²) in [6.07, 6.45) is 3.91. The number of halogens is 1. The van der Waals surface area contributed by atoms with Gasteiger partial charge < -0.3 is 10.6 Å². The highest BCUT2D eigenvalue weighted by Crippen LogP contribution is 2.27. The molecule has 1 saturated carbocycles. The van der Waals surface area contributed by atoms with Crippen molar-refractivity contribution in [2.75, 3.05) is 18.4 Å². The van der Waals surface area contributed by atoms with Crippen molar-refractivity contribution in [2.24, 2.45) is 5.92 Å². The number of non-ortho nitro benzene ring substituents is 1. The van der Waals surface area contributed by atoms with Gasteiger partial charge in [-0.15, -0.1) is 0 Å². The van der Waals surface area contributed by atoms with Crippen LogP contribution in [0.2, 0.25) is 5.02 Å². The maximum atomic E-state index is 12.4. The smallest absolute Gasteiger partial charge is 0.270 e. The number of amides is 2. The van der Waals surface area contributed by atoms with E-state index in [1.807, 2.05) is 0 Å². The van der Waals surface area contributed by atoms with Gasteiger partial charge >= 0.3 is 0 Å². The zero-order valence-electron chi connectivity index (χ0n) is 17.5. The number of benzene rings is 2. The number of nitro groups is 1. The molecule has 3 N–H and O–H groups in total. The van der Waals surface area contributed by atoms with Crippen molar-refractivity contribution in [2.45, 2.75) is 30.6 Å². The molecule has 33 heavy (non-hydrogen) atoms. The molecule has 12 heteroatoms. The molecule has 3 rings (SSSR count). The van der Waals surface area contributed by atoms with Crippen molar-refractivity contribution >= 4 is 44.8 Å². The van der Waals surface area contributed by atoms with E-state index >= 15 is 0 Å². The maximum Gasteiger partial charge on any atom is 0.270 e. The third-order valence-electron chi connectivity index (χ3n) is 5.26. The van der Waals surface area contributed by atoms with E-state index in [1.54, 1.807) is 24.3 Å². The van der Waals surface area contributed by atoms with E-state index in [4.69, 9.17) is 11.6 Å². The fourth-order valence-corrected chi connectivity index (χ4v) is 5.04. The van der Waals surface area contributed by atoms with Crippen LogP contribution in [-0.2, 0) is 14.8 Å². The van der Waals surface area contributed by atoms with Gasteiger partial charge in [-0.05, 0) is 43.2 Å². The number of hydrogen-bond acceptors (Lipinski definition) is 6. The Kier molecular flexibility index (Phi) is 8.01. The normalized spacial score (nSPS) is 14.1. The Bertz CT molecular complexity index is 1150. The Morgan fingerprint density at radius 1 is 1.06 bits per heavy atom. The van der Waals surface area contributed by atoms with Crippen molar-refractivity contribution in [3.8, 4) is 0 Å². The summed E-state index contributed by atoms with van der Waals surface area (Å²) < 4.78 is 27.0. The van der Waals surface area contributed by atoms with Crippen LogP contribution >= 0.6 is 11.6 Å². The molecule has 2 aromatic rings. The highest BCUT2D eigenvalue weighted by molar-refractivity contribution is 7.89. The molecule has 1 fully saturated rings. The lowest BCUT2D eigenvalue weighted by molar-refractivity contribution is -0.385.